The molecule has 0 aromatic heterocycles. The van der Waals surface area contributed by atoms with Crippen LogP contribution in [0.4, 0.5) is 18.9 Å². The fraction of sp³-hybridized carbons (Fsp3) is 0.533. The molecule has 1 aliphatic rings. The summed E-state index contributed by atoms with van der Waals surface area (Å²) in [6.07, 6.45) is -4.48. The van der Waals surface area contributed by atoms with Crippen molar-refractivity contribution < 1.29 is 22.9 Å². The zero-order valence-electron chi connectivity index (χ0n) is 14.0. The van der Waals surface area contributed by atoms with Gasteiger partial charge < -0.3 is 10.6 Å². The SMILES string of the molecule is Cc1c(C(=O)NCC(N2CCNCC2)C(F)(F)F)cccc1[N+](=O)[O-].Cl. The van der Waals surface area contributed by atoms with Gasteiger partial charge in [0.1, 0.15) is 6.04 Å². The van der Waals surface area contributed by atoms with Gasteiger partial charge in [-0.3, -0.25) is 19.8 Å². The van der Waals surface area contributed by atoms with E-state index < -0.39 is 29.6 Å². The Bertz CT molecular complexity index is 652. The first-order chi connectivity index (χ1) is 11.7. The minimum atomic E-state index is -4.48. The fourth-order valence-electron chi connectivity index (χ4n) is 2.80. The van der Waals surface area contributed by atoms with Gasteiger partial charge in [0.15, 0.2) is 0 Å². The third-order valence-electron chi connectivity index (χ3n) is 4.17. The standard InChI is InChI=1S/C15H19F3N4O3.ClH/c1-10-11(3-2-4-12(10)22(24)25)14(23)20-9-13(15(16,17)18)21-7-5-19-6-8-21;/h2-4,13,19H,5-9H2,1H3,(H,20,23);1H. The highest BCUT2D eigenvalue weighted by atomic mass is 35.5. The zero-order chi connectivity index (χ0) is 18.6. The minimum absolute atomic E-state index is 0. The Hall–Kier alpha value is -1.91. The monoisotopic (exact) mass is 396 g/mol. The van der Waals surface area contributed by atoms with Crippen LogP contribution in [0.2, 0.25) is 0 Å². The third kappa shape index (κ3) is 5.29. The number of nitro benzene ring substituents is 1. The second-order valence-electron chi connectivity index (χ2n) is 5.76. The predicted molar refractivity (Wildman–Crippen MR) is 91.7 cm³/mol. The summed E-state index contributed by atoms with van der Waals surface area (Å²) in [6.45, 7) is 2.15. The molecule has 1 unspecified atom stereocenters. The van der Waals surface area contributed by atoms with Crippen molar-refractivity contribution in [2.45, 2.75) is 19.1 Å². The summed E-state index contributed by atoms with van der Waals surface area (Å²) in [5.41, 5.74) is -0.131. The van der Waals surface area contributed by atoms with Crippen LogP contribution in [0.1, 0.15) is 15.9 Å². The van der Waals surface area contributed by atoms with Crippen molar-refractivity contribution in [2.75, 3.05) is 32.7 Å². The van der Waals surface area contributed by atoms with E-state index >= 15 is 0 Å². The van der Waals surface area contributed by atoms with E-state index in [9.17, 15) is 28.1 Å². The number of hydrogen-bond acceptors (Lipinski definition) is 5. The number of carbonyl (C=O) groups is 1. The van der Waals surface area contributed by atoms with Crippen molar-refractivity contribution in [1.29, 1.82) is 0 Å². The molecule has 2 rings (SSSR count). The van der Waals surface area contributed by atoms with Gasteiger partial charge >= 0.3 is 6.18 Å². The molecule has 1 aliphatic heterocycles. The normalized spacial score (nSPS) is 16.5. The number of nitrogens with zero attached hydrogens (tertiary/aromatic N) is 2. The van der Waals surface area contributed by atoms with Gasteiger partial charge in [-0.2, -0.15) is 13.2 Å². The van der Waals surface area contributed by atoms with Crippen LogP contribution in [0.25, 0.3) is 0 Å². The Morgan fingerprint density at radius 2 is 2.00 bits per heavy atom. The van der Waals surface area contributed by atoms with Crippen LogP contribution < -0.4 is 10.6 Å². The second kappa shape index (κ2) is 9.15. The van der Waals surface area contributed by atoms with Crippen LogP contribution >= 0.6 is 12.4 Å². The number of nitrogens with one attached hydrogen (secondary N) is 2. The van der Waals surface area contributed by atoms with E-state index in [0.29, 0.717) is 13.1 Å². The summed E-state index contributed by atoms with van der Waals surface area (Å²) in [5, 5.41) is 16.2. The second-order valence-corrected chi connectivity index (χ2v) is 5.76. The fourth-order valence-corrected chi connectivity index (χ4v) is 2.80. The van der Waals surface area contributed by atoms with E-state index in [2.05, 4.69) is 10.6 Å². The lowest BCUT2D eigenvalue weighted by Gasteiger charge is -2.35. The highest BCUT2D eigenvalue weighted by Gasteiger charge is 2.43. The number of halogens is 4. The lowest BCUT2D eigenvalue weighted by atomic mass is 10.1. The molecule has 1 amide bonds. The van der Waals surface area contributed by atoms with Crippen LogP contribution in [0.5, 0.6) is 0 Å². The van der Waals surface area contributed by atoms with Crippen molar-refractivity contribution in [1.82, 2.24) is 15.5 Å². The van der Waals surface area contributed by atoms with Gasteiger partial charge in [-0.05, 0) is 13.0 Å². The number of nitro groups is 1. The van der Waals surface area contributed by atoms with Gasteiger partial charge in [0, 0.05) is 49.9 Å². The average molecular weight is 397 g/mol. The van der Waals surface area contributed by atoms with Crippen LogP contribution in [0.3, 0.4) is 0 Å². The molecular formula is C15H20ClF3N4O3. The molecule has 0 saturated carbocycles. The number of hydrogen-bond donors (Lipinski definition) is 2. The molecule has 1 atom stereocenters. The maximum atomic E-state index is 13.3. The highest BCUT2D eigenvalue weighted by molar-refractivity contribution is 5.96. The lowest BCUT2D eigenvalue weighted by molar-refractivity contribution is -0.385. The van der Waals surface area contributed by atoms with Gasteiger partial charge in [0.05, 0.1) is 4.92 Å². The summed E-state index contributed by atoms with van der Waals surface area (Å²) in [4.78, 5) is 23.8. The molecule has 26 heavy (non-hydrogen) atoms. The van der Waals surface area contributed by atoms with Crippen molar-refractivity contribution in [3.8, 4) is 0 Å². The van der Waals surface area contributed by atoms with Gasteiger partial charge in [-0.15, -0.1) is 12.4 Å². The summed E-state index contributed by atoms with van der Waals surface area (Å²) >= 11 is 0. The van der Waals surface area contributed by atoms with E-state index in [1.807, 2.05) is 0 Å². The molecule has 0 radical (unpaired) electrons. The summed E-state index contributed by atoms with van der Waals surface area (Å²) in [5.74, 6) is -0.759. The molecular weight excluding hydrogens is 377 g/mol. The van der Waals surface area contributed by atoms with E-state index in [-0.39, 0.29) is 42.3 Å². The number of benzene rings is 1. The molecule has 0 aliphatic carbocycles. The Labute approximate surface area is 154 Å². The maximum absolute atomic E-state index is 13.3. The smallest absolute Gasteiger partial charge is 0.350 e. The van der Waals surface area contributed by atoms with Gasteiger partial charge in [0.25, 0.3) is 11.6 Å². The Morgan fingerprint density at radius 1 is 1.38 bits per heavy atom. The molecule has 1 saturated heterocycles. The first-order valence-corrected chi connectivity index (χ1v) is 7.75. The van der Waals surface area contributed by atoms with E-state index in [4.69, 9.17) is 0 Å². The van der Waals surface area contributed by atoms with Crippen molar-refractivity contribution in [3.63, 3.8) is 0 Å². The zero-order valence-corrected chi connectivity index (χ0v) is 14.8. The molecule has 0 spiro atoms. The predicted octanol–water partition coefficient (Wildman–Crippen LogP) is 1.89. The number of carbonyl (C=O) groups excluding carboxylic acids is 1. The van der Waals surface area contributed by atoms with Crippen LogP contribution in [-0.2, 0) is 0 Å². The van der Waals surface area contributed by atoms with Crippen molar-refractivity contribution in [2.24, 2.45) is 0 Å². The first-order valence-electron chi connectivity index (χ1n) is 7.75. The quantitative estimate of drug-likeness (QED) is 0.586. The summed E-state index contributed by atoms with van der Waals surface area (Å²) in [7, 11) is 0. The third-order valence-corrected chi connectivity index (χ3v) is 4.17. The average Bonchev–Trinajstić information content (AvgIpc) is 2.54. The molecule has 11 heteroatoms. The van der Waals surface area contributed by atoms with Crippen LogP contribution in [0.15, 0.2) is 18.2 Å². The van der Waals surface area contributed by atoms with E-state index in [1.54, 1.807) is 0 Å². The Kier molecular flexibility index (Phi) is 7.79. The van der Waals surface area contributed by atoms with Crippen LogP contribution in [-0.4, -0.2) is 60.7 Å². The number of rotatable bonds is 5. The van der Waals surface area contributed by atoms with Crippen molar-refractivity contribution >= 4 is 24.0 Å². The molecule has 1 aromatic carbocycles. The first kappa shape index (κ1) is 22.1. The topological polar surface area (TPSA) is 87.5 Å². The Morgan fingerprint density at radius 3 is 2.54 bits per heavy atom. The van der Waals surface area contributed by atoms with E-state index in [1.165, 1.54) is 30.0 Å². The molecule has 1 aromatic rings. The summed E-state index contributed by atoms with van der Waals surface area (Å²) < 4.78 is 39.9. The molecule has 7 nitrogen and oxygen atoms in total. The number of alkyl halides is 3. The molecule has 2 N–H and O–H groups in total. The van der Waals surface area contributed by atoms with Crippen molar-refractivity contribution in [3.05, 3.63) is 39.4 Å². The summed E-state index contributed by atoms with van der Waals surface area (Å²) in [6, 6.07) is 2.13. The highest BCUT2D eigenvalue weighted by Crippen LogP contribution is 2.25. The minimum Gasteiger partial charge on any atom is -0.350 e. The lowest BCUT2D eigenvalue weighted by Crippen LogP contribution is -2.57. The molecule has 146 valence electrons. The maximum Gasteiger partial charge on any atom is 0.405 e. The van der Waals surface area contributed by atoms with Gasteiger partial charge in [-0.25, -0.2) is 0 Å². The van der Waals surface area contributed by atoms with Crippen LogP contribution in [0, 0.1) is 17.0 Å². The number of piperazine rings is 1. The molecule has 0 bridgehead atoms. The number of amides is 1. The van der Waals surface area contributed by atoms with Gasteiger partial charge in [-0.1, -0.05) is 6.07 Å². The van der Waals surface area contributed by atoms with Gasteiger partial charge in [0.2, 0.25) is 0 Å². The largest absolute Gasteiger partial charge is 0.405 e. The Balaban J connectivity index is 0.00000338. The molecule has 1 fully saturated rings. The van der Waals surface area contributed by atoms with E-state index in [0.717, 1.165) is 0 Å². The molecule has 1 heterocycles.